The topological polar surface area (TPSA) is 59.2 Å². The molecule has 0 radical (unpaired) electrons. The van der Waals surface area contributed by atoms with E-state index in [1.54, 1.807) is 14.2 Å². The molecule has 0 unspecified atom stereocenters. The number of nitrogens with one attached hydrogen (secondary N) is 2. The first-order chi connectivity index (χ1) is 10.3. The van der Waals surface area contributed by atoms with Crippen LogP contribution >= 0.6 is 0 Å². The van der Waals surface area contributed by atoms with E-state index in [-0.39, 0.29) is 0 Å². The normalized spacial score (nSPS) is 10.6. The predicted molar refractivity (Wildman–Crippen MR) is 83.0 cm³/mol. The largest absolute Gasteiger partial charge is 0.493 e. The van der Waals surface area contributed by atoms with Gasteiger partial charge in [0.15, 0.2) is 11.5 Å². The van der Waals surface area contributed by atoms with E-state index in [0.29, 0.717) is 6.54 Å². The summed E-state index contributed by atoms with van der Waals surface area (Å²) >= 11 is 0. The Morgan fingerprint density at radius 1 is 1.14 bits per heavy atom. The zero-order valence-corrected chi connectivity index (χ0v) is 12.0. The third-order valence-corrected chi connectivity index (χ3v) is 3.41. The van der Waals surface area contributed by atoms with E-state index in [9.17, 15) is 0 Å². The summed E-state index contributed by atoms with van der Waals surface area (Å²) in [6.07, 6.45) is 1.81. The highest BCUT2D eigenvalue weighted by Gasteiger charge is 2.09. The van der Waals surface area contributed by atoms with Crippen molar-refractivity contribution in [3.63, 3.8) is 0 Å². The Bertz CT molecular complexity index is 752. The fourth-order valence-corrected chi connectivity index (χ4v) is 2.34. The first kappa shape index (κ1) is 13.3. The zero-order valence-electron chi connectivity index (χ0n) is 12.0. The molecule has 0 aliphatic heterocycles. The van der Waals surface area contributed by atoms with Gasteiger partial charge in [0.25, 0.3) is 0 Å². The van der Waals surface area contributed by atoms with E-state index in [1.165, 1.54) is 0 Å². The number of aromatic nitrogens is 2. The second-order valence-electron chi connectivity index (χ2n) is 4.68. The SMILES string of the molecule is COc1cccc(CNc2ccc3[nH]ncc3c2)c1OC. The van der Waals surface area contributed by atoms with Gasteiger partial charge in [0.1, 0.15) is 0 Å². The van der Waals surface area contributed by atoms with Crippen LogP contribution in [0.2, 0.25) is 0 Å². The third-order valence-electron chi connectivity index (χ3n) is 3.41. The van der Waals surface area contributed by atoms with Crippen molar-refractivity contribution in [2.45, 2.75) is 6.54 Å². The van der Waals surface area contributed by atoms with Gasteiger partial charge in [-0.2, -0.15) is 5.10 Å². The zero-order chi connectivity index (χ0) is 14.7. The Hall–Kier alpha value is -2.69. The van der Waals surface area contributed by atoms with Gasteiger partial charge < -0.3 is 14.8 Å². The summed E-state index contributed by atoms with van der Waals surface area (Å²) in [5, 5.41) is 11.4. The summed E-state index contributed by atoms with van der Waals surface area (Å²) < 4.78 is 10.7. The van der Waals surface area contributed by atoms with Crippen LogP contribution in [-0.2, 0) is 6.54 Å². The molecular weight excluding hydrogens is 266 g/mol. The lowest BCUT2D eigenvalue weighted by Crippen LogP contribution is -2.02. The average molecular weight is 283 g/mol. The van der Waals surface area contributed by atoms with Crippen molar-refractivity contribution in [1.29, 1.82) is 0 Å². The number of para-hydroxylation sites is 1. The van der Waals surface area contributed by atoms with E-state index in [1.807, 2.05) is 36.5 Å². The van der Waals surface area contributed by atoms with Crippen LogP contribution in [0.25, 0.3) is 10.9 Å². The maximum atomic E-state index is 5.43. The summed E-state index contributed by atoms with van der Waals surface area (Å²) in [5.41, 5.74) is 3.11. The molecule has 1 aromatic heterocycles. The Balaban J connectivity index is 1.80. The van der Waals surface area contributed by atoms with Gasteiger partial charge in [-0.25, -0.2) is 0 Å². The maximum Gasteiger partial charge on any atom is 0.165 e. The lowest BCUT2D eigenvalue weighted by molar-refractivity contribution is 0.352. The number of nitrogens with zero attached hydrogens (tertiary/aromatic N) is 1. The number of H-pyrrole nitrogens is 1. The number of ether oxygens (including phenoxy) is 2. The van der Waals surface area contributed by atoms with E-state index in [4.69, 9.17) is 9.47 Å². The molecule has 0 atom stereocenters. The number of benzene rings is 2. The molecule has 2 aromatic carbocycles. The molecule has 108 valence electrons. The second kappa shape index (κ2) is 5.75. The number of anilines is 1. The van der Waals surface area contributed by atoms with Gasteiger partial charge in [0, 0.05) is 23.2 Å². The molecule has 0 spiro atoms. The fraction of sp³-hybridized carbons (Fsp3) is 0.188. The van der Waals surface area contributed by atoms with E-state index < -0.39 is 0 Å². The lowest BCUT2D eigenvalue weighted by Gasteiger charge is -2.13. The molecule has 5 heteroatoms. The van der Waals surface area contributed by atoms with Crippen LogP contribution in [-0.4, -0.2) is 24.4 Å². The van der Waals surface area contributed by atoms with Crippen molar-refractivity contribution in [2.75, 3.05) is 19.5 Å². The van der Waals surface area contributed by atoms with Crippen LogP contribution < -0.4 is 14.8 Å². The predicted octanol–water partition coefficient (Wildman–Crippen LogP) is 3.19. The summed E-state index contributed by atoms with van der Waals surface area (Å²) in [6, 6.07) is 12.0. The highest BCUT2D eigenvalue weighted by molar-refractivity contribution is 5.81. The Kier molecular flexibility index (Phi) is 3.64. The standard InChI is InChI=1S/C16H17N3O2/c1-20-15-5-3-4-11(16(15)21-2)9-17-13-6-7-14-12(8-13)10-18-19-14/h3-8,10,17H,9H2,1-2H3,(H,18,19). The molecule has 1 heterocycles. The number of rotatable bonds is 5. The minimum atomic E-state index is 0.656. The molecule has 3 rings (SSSR count). The molecule has 0 fully saturated rings. The molecule has 5 nitrogen and oxygen atoms in total. The van der Waals surface area contributed by atoms with Gasteiger partial charge in [0.2, 0.25) is 0 Å². The van der Waals surface area contributed by atoms with E-state index in [2.05, 4.69) is 21.6 Å². The summed E-state index contributed by atoms with van der Waals surface area (Å²) in [7, 11) is 3.29. The minimum absolute atomic E-state index is 0.656. The summed E-state index contributed by atoms with van der Waals surface area (Å²) in [6.45, 7) is 0.656. The summed E-state index contributed by atoms with van der Waals surface area (Å²) in [5.74, 6) is 1.50. The van der Waals surface area contributed by atoms with Gasteiger partial charge >= 0.3 is 0 Å². The number of hydrogen-bond donors (Lipinski definition) is 2. The van der Waals surface area contributed by atoms with Crippen LogP contribution in [0, 0.1) is 0 Å². The van der Waals surface area contributed by atoms with E-state index in [0.717, 1.165) is 33.7 Å². The van der Waals surface area contributed by atoms with Crippen molar-refractivity contribution in [2.24, 2.45) is 0 Å². The van der Waals surface area contributed by atoms with Gasteiger partial charge in [0.05, 0.1) is 25.9 Å². The Labute approximate surface area is 122 Å². The van der Waals surface area contributed by atoms with Crippen LogP contribution in [0.15, 0.2) is 42.6 Å². The number of hydrogen-bond acceptors (Lipinski definition) is 4. The lowest BCUT2D eigenvalue weighted by atomic mass is 10.1. The first-order valence-electron chi connectivity index (χ1n) is 6.68. The van der Waals surface area contributed by atoms with Crippen molar-refractivity contribution in [1.82, 2.24) is 10.2 Å². The molecule has 0 aliphatic rings. The first-order valence-corrected chi connectivity index (χ1v) is 6.68. The smallest absolute Gasteiger partial charge is 0.165 e. The summed E-state index contributed by atoms with van der Waals surface area (Å²) in [4.78, 5) is 0. The maximum absolute atomic E-state index is 5.43. The van der Waals surface area contributed by atoms with Crippen molar-refractivity contribution in [3.05, 3.63) is 48.2 Å². The molecule has 0 amide bonds. The van der Waals surface area contributed by atoms with Crippen molar-refractivity contribution >= 4 is 16.6 Å². The molecule has 21 heavy (non-hydrogen) atoms. The van der Waals surface area contributed by atoms with E-state index >= 15 is 0 Å². The molecule has 2 N–H and O–H groups in total. The molecule has 0 saturated heterocycles. The minimum Gasteiger partial charge on any atom is -0.493 e. The van der Waals surface area contributed by atoms with Crippen molar-refractivity contribution in [3.8, 4) is 11.5 Å². The highest BCUT2D eigenvalue weighted by atomic mass is 16.5. The third kappa shape index (κ3) is 2.63. The molecule has 3 aromatic rings. The average Bonchev–Trinajstić information content (AvgIpc) is 2.99. The van der Waals surface area contributed by atoms with Gasteiger partial charge in [-0.15, -0.1) is 0 Å². The number of methoxy groups -OCH3 is 2. The van der Waals surface area contributed by atoms with Crippen LogP contribution in [0.4, 0.5) is 5.69 Å². The number of aromatic amines is 1. The van der Waals surface area contributed by atoms with Crippen LogP contribution in [0.1, 0.15) is 5.56 Å². The van der Waals surface area contributed by atoms with Crippen molar-refractivity contribution < 1.29 is 9.47 Å². The van der Waals surface area contributed by atoms with Gasteiger partial charge in [-0.3, -0.25) is 5.10 Å². The van der Waals surface area contributed by atoms with Gasteiger partial charge in [-0.05, 0) is 24.3 Å². The number of fused-ring (bicyclic) bond motifs is 1. The van der Waals surface area contributed by atoms with Crippen LogP contribution in [0.5, 0.6) is 11.5 Å². The highest BCUT2D eigenvalue weighted by Crippen LogP contribution is 2.31. The fourth-order valence-electron chi connectivity index (χ4n) is 2.34. The quantitative estimate of drug-likeness (QED) is 0.755. The molecular formula is C16H17N3O2. The van der Waals surface area contributed by atoms with Gasteiger partial charge in [-0.1, -0.05) is 12.1 Å². The second-order valence-corrected chi connectivity index (χ2v) is 4.68. The Morgan fingerprint density at radius 2 is 2.05 bits per heavy atom. The monoisotopic (exact) mass is 283 g/mol. The molecule has 0 bridgehead atoms. The Morgan fingerprint density at radius 3 is 2.86 bits per heavy atom. The molecule has 0 saturated carbocycles. The van der Waals surface area contributed by atoms with Crippen LogP contribution in [0.3, 0.4) is 0 Å². The molecule has 0 aliphatic carbocycles.